The monoisotopic (exact) mass is 420 g/mol. The fourth-order valence-corrected chi connectivity index (χ4v) is 4.50. The van der Waals surface area contributed by atoms with E-state index in [1.54, 1.807) is 6.26 Å². The zero-order valence-corrected chi connectivity index (χ0v) is 17.8. The Morgan fingerprint density at radius 2 is 2.21 bits per heavy atom. The Labute approximate surface area is 174 Å². The van der Waals surface area contributed by atoms with Gasteiger partial charge in [0.2, 0.25) is 11.9 Å². The van der Waals surface area contributed by atoms with Gasteiger partial charge in [-0.05, 0) is 36.8 Å². The highest BCUT2D eigenvalue weighted by Gasteiger charge is 2.29. The highest BCUT2D eigenvalue weighted by Crippen LogP contribution is 2.31. The van der Waals surface area contributed by atoms with Crippen molar-refractivity contribution in [2.24, 2.45) is 17.6 Å². The van der Waals surface area contributed by atoms with E-state index in [0.29, 0.717) is 17.6 Å². The number of primary amides is 1. The molecule has 0 spiro atoms. The standard InChI is InChI=1S/C19H28N6O3S/c1-12(2)15(16(26)21-17(20)27)29-19-23-22-18(24-8-4-6-13(3)10-24)25(19)11-14-7-5-9-28-14/h5,7,9,12-13,15H,4,6,8,10-11H2,1-3H3,(H3,20,21,26,27)/t13-,15-/m1/s1. The lowest BCUT2D eigenvalue weighted by molar-refractivity contribution is -0.120. The molecule has 1 saturated heterocycles. The number of anilines is 1. The van der Waals surface area contributed by atoms with Gasteiger partial charge < -0.3 is 15.1 Å². The van der Waals surface area contributed by atoms with Crippen molar-refractivity contribution < 1.29 is 14.0 Å². The smallest absolute Gasteiger partial charge is 0.318 e. The normalized spacial score (nSPS) is 18.1. The molecule has 2 atom stereocenters. The van der Waals surface area contributed by atoms with Gasteiger partial charge >= 0.3 is 6.03 Å². The summed E-state index contributed by atoms with van der Waals surface area (Å²) in [6.45, 7) is 8.36. The summed E-state index contributed by atoms with van der Waals surface area (Å²) in [5, 5.41) is 11.1. The van der Waals surface area contributed by atoms with Crippen molar-refractivity contribution in [3.05, 3.63) is 24.2 Å². The number of nitrogens with zero attached hydrogens (tertiary/aromatic N) is 4. The van der Waals surface area contributed by atoms with Crippen molar-refractivity contribution in [3.8, 4) is 0 Å². The van der Waals surface area contributed by atoms with Gasteiger partial charge in [0.1, 0.15) is 5.76 Å². The van der Waals surface area contributed by atoms with Crippen LogP contribution in [0.25, 0.3) is 0 Å². The third-order valence-corrected chi connectivity index (χ3v) is 6.40. The Balaban J connectivity index is 1.90. The predicted octanol–water partition coefficient (Wildman–Crippen LogP) is 2.47. The molecule has 0 unspecified atom stereocenters. The van der Waals surface area contributed by atoms with Crippen LogP contribution in [0, 0.1) is 11.8 Å². The topological polar surface area (TPSA) is 119 Å². The van der Waals surface area contributed by atoms with Crippen LogP contribution < -0.4 is 16.0 Å². The molecule has 3 N–H and O–H groups in total. The van der Waals surface area contributed by atoms with Gasteiger partial charge in [0.15, 0.2) is 5.16 Å². The van der Waals surface area contributed by atoms with Gasteiger partial charge in [0.05, 0.1) is 18.1 Å². The summed E-state index contributed by atoms with van der Waals surface area (Å²) in [4.78, 5) is 25.8. The Morgan fingerprint density at radius 1 is 1.41 bits per heavy atom. The number of urea groups is 1. The van der Waals surface area contributed by atoms with E-state index in [4.69, 9.17) is 10.2 Å². The number of nitrogens with one attached hydrogen (secondary N) is 1. The van der Waals surface area contributed by atoms with Crippen LogP contribution in [0.1, 0.15) is 39.4 Å². The van der Waals surface area contributed by atoms with Crippen molar-refractivity contribution in [2.75, 3.05) is 18.0 Å². The van der Waals surface area contributed by atoms with Gasteiger partial charge in [0, 0.05) is 13.1 Å². The summed E-state index contributed by atoms with van der Waals surface area (Å²) >= 11 is 1.28. The lowest BCUT2D eigenvalue weighted by Gasteiger charge is -2.31. The average molecular weight is 421 g/mol. The molecule has 3 rings (SSSR count). The van der Waals surface area contributed by atoms with E-state index in [1.165, 1.54) is 18.2 Å². The van der Waals surface area contributed by atoms with Gasteiger partial charge in [0.25, 0.3) is 0 Å². The van der Waals surface area contributed by atoms with E-state index in [0.717, 1.165) is 31.2 Å². The molecule has 2 aromatic heterocycles. The molecule has 0 saturated carbocycles. The molecule has 0 aromatic carbocycles. The fourth-order valence-electron chi connectivity index (χ4n) is 3.47. The maximum atomic E-state index is 12.5. The maximum absolute atomic E-state index is 12.5. The van der Waals surface area contributed by atoms with Gasteiger partial charge in [-0.3, -0.25) is 14.7 Å². The summed E-state index contributed by atoms with van der Waals surface area (Å²) < 4.78 is 7.51. The van der Waals surface area contributed by atoms with Crippen LogP contribution in [0.15, 0.2) is 28.0 Å². The number of rotatable bonds is 7. The second kappa shape index (κ2) is 9.34. The molecule has 1 fully saturated rings. The first-order valence-corrected chi connectivity index (χ1v) is 10.7. The zero-order valence-electron chi connectivity index (χ0n) is 17.0. The fraction of sp³-hybridized carbons (Fsp3) is 0.579. The number of piperidine rings is 1. The Morgan fingerprint density at radius 3 is 2.83 bits per heavy atom. The molecule has 3 heterocycles. The molecular weight excluding hydrogens is 392 g/mol. The van der Waals surface area contributed by atoms with Gasteiger partial charge in [-0.1, -0.05) is 32.5 Å². The largest absolute Gasteiger partial charge is 0.467 e. The number of carbonyl (C=O) groups is 2. The number of aromatic nitrogens is 3. The first-order chi connectivity index (χ1) is 13.8. The third kappa shape index (κ3) is 5.31. The Bertz CT molecular complexity index is 835. The molecule has 0 aliphatic carbocycles. The van der Waals surface area contributed by atoms with Crippen molar-refractivity contribution in [3.63, 3.8) is 0 Å². The summed E-state index contributed by atoms with van der Waals surface area (Å²) in [7, 11) is 0. The van der Waals surface area contributed by atoms with Crippen molar-refractivity contribution in [1.29, 1.82) is 0 Å². The van der Waals surface area contributed by atoms with E-state index < -0.39 is 17.2 Å². The lowest BCUT2D eigenvalue weighted by Crippen LogP contribution is -2.42. The van der Waals surface area contributed by atoms with Crippen LogP contribution in [-0.2, 0) is 11.3 Å². The summed E-state index contributed by atoms with van der Waals surface area (Å²) in [6, 6.07) is 2.88. The van der Waals surface area contributed by atoms with Crippen LogP contribution in [0.4, 0.5) is 10.7 Å². The predicted molar refractivity (Wildman–Crippen MR) is 111 cm³/mol. The molecule has 9 nitrogen and oxygen atoms in total. The molecule has 1 aliphatic rings. The maximum Gasteiger partial charge on any atom is 0.318 e. The van der Waals surface area contributed by atoms with Gasteiger partial charge in [-0.15, -0.1) is 10.2 Å². The van der Waals surface area contributed by atoms with E-state index in [1.807, 2.05) is 30.5 Å². The van der Waals surface area contributed by atoms with Crippen LogP contribution in [0.2, 0.25) is 0 Å². The van der Waals surface area contributed by atoms with Crippen LogP contribution >= 0.6 is 11.8 Å². The molecule has 0 radical (unpaired) electrons. The number of imide groups is 1. The van der Waals surface area contributed by atoms with Crippen molar-refractivity contribution >= 4 is 29.6 Å². The highest BCUT2D eigenvalue weighted by molar-refractivity contribution is 8.00. The summed E-state index contributed by atoms with van der Waals surface area (Å²) in [5.41, 5.74) is 5.13. The number of carbonyl (C=O) groups excluding carboxylic acids is 2. The minimum Gasteiger partial charge on any atom is -0.467 e. The van der Waals surface area contributed by atoms with Crippen LogP contribution in [0.5, 0.6) is 0 Å². The Kier molecular flexibility index (Phi) is 6.83. The second-order valence-corrected chi connectivity index (χ2v) is 8.89. The molecule has 10 heteroatoms. The minimum absolute atomic E-state index is 0.0356. The number of amides is 3. The number of thioether (sulfide) groups is 1. The van der Waals surface area contributed by atoms with Crippen molar-refractivity contribution in [2.45, 2.75) is 50.6 Å². The molecule has 158 valence electrons. The first-order valence-electron chi connectivity index (χ1n) is 9.82. The summed E-state index contributed by atoms with van der Waals surface area (Å²) in [5.74, 6) is 1.66. The van der Waals surface area contributed by atoms with Crippen molar-refractivity contribution in [1.82, 2.24) is 20.1 Å². The highest BCUT2D eigenvalue weighted by atomic mass is 32.2. The van der Waals surface area contributed by atoms with Gasteiger partial charge in [-0.2, -0.15) is 0 Å². The minimum atomic E-state index is -0.860. The zero-order chi connectivity index (χ0) is 21.0. The molecule has 2 aromatic rings. The molecule has 1 aliphatic heterocycles. The molecular formula is C19H28N6O3S. The molecule has 29 heavy (non-hydrogen) atoms. The number of hydrogen-bond donors (Lipinski definition) is 2. The third-order valence-electron chi connectivity index (χ3n) is 4.87. The van der Waals surface area contributed by atoms with E-state index in [9.17, 15) is 9.59 Å². The van der Waals surface area contributed by atoms with E-state index >= 15 is 0 Å². The SMILES string of the molecule is CC(C)[C@@H](Sc1nnc(N2CCC[C@@H](C)C2)n1Cc1ccco1)C(=O)NC(N)=O. The number of furan rings is 1. The van der Waals surface area contributed by atoms with E-state index in [2.05, 4.69) is 27.3 Å². The summed E-state index contributed by atoms with van der Waals surface area (Å²) in [6.07, 6.45) is 3.94. The molecule has 3 amide bonds. The van der Waals surface area contributed by atoms with Crippen LogP contribution in [0.3, 0.4) is 0 Å². The first kappa shape index (κ1) is 21.2. The quantitative estimate of drug-likeness (QED) is 0.660. The van der Waals surface area contributed by atoms with Gasteiger partial charge in [-0.25, -0.2) is 4.79 Å². The lowest BCUT2D eigenvalue weighted by atomic mass is 10.0. The second-order valence-electron chi connectivity index (χ2n) is 7.78. The van der Waals surface area contributed by atoms with Crippen LogP contribution in [-0.4, -0.2) is 45.0 Å². The number of nitrogens with two attached hydrogens (primary N) is 1. The Hall–Kier alpha value is -2.49. The number of hydrogen-bond acceptors (Lipinski definition) is 7. The average Bonchev–Trinajstić information content (AvgIpc) is 3.29. The molecule has 0 bridgehead atoms. The van der Waals surface area contributed by atoms with E-state index in [-0.39, 0.29) is 5.92 Å².